The highest BCUT2D eigenvalue weighted by molar-refractivity contribution is 5.73. The molecule has 0 aliphatic heterocycles. The Balaban J connectivity index is 3.48. The molecule has 0 bridgehead atoms. The van der Waals surface area contributed by atoms with Crippen molar-refractivity contribution in [2.24, 2.45) is 0 Å². The van der Waals surface area contributed by atoms with Gasteiger partial charge in [-0.2, -0.15) is 0 Å². The first-order valence-electron chi connectivity index (χ1n) is 12.2. The Hall–Kier alpha value is -2.31. The minimum absolute atomic E-state index is 0.0965. The molecule has 1 aromatic carbocycles. The van der Waals surface area contributed by atoms with Gasteiger partial charge in [-0.25, -0.2) is 4.79 Å². The number of aromatic hydroxyl groups is 1. The van der Waals surface area contributed by atoms with E-state index in [1.807, 2.05) is 6.92 Å². The Morgan fingerprint density at radius 3 is 1.56 bits per heavy atom. The summed E-state index contributed by atoms with van der Waals surface area (Å²) in [5, 5.41) is 20.3. The van der Waals surface area contributed by atoms with E-state index in [2.05, 4.69) is 20.8 Å². The Morgan fingerprint density at radius 1 is 0.656 bits per heavy atom. The average molecular weight is 455 g/mol. The minimum Gasteiger partial charge on any atom is -0.502 e. The van der Waals surface area contributed by atoms with Crippen LogP contribution in [0.25, 0.3) is 0 Å². The van der Waals surface area contributed by atoms with E-state index in [1.165, 1.54) is 0 Å². The summed E-state index contributed by atoms with van der Waals surface area (Å²) in [5.41, 5.74) is 0.496. The number of phenolic OH excluding ortho intramolecular Hbond substituents is 1. The van der Waals surface area contributed by atoms with Crippen molar-refractivity contribution in [2.45, 2.75) is 98.3 Å². The SMILES string of the molecule is CCCCCOc1c(O)c(OC(=O)O)c(CCC)c(OCCCCC)c1OCCCCC. The van der Waals surface area contributed by atoms with Crippen LogP contribution < -0.4 is 18.9 Å². The molecule has 0 unspecified atom stereocenters. The molecular formula is C25H42O7. The second-order valence-electron chi connectivity index (χ2n) is 7.93. The van der Waals surface area contributed by atoms with E-state index in [-0.39, 0.29) is 17.2 Å². The van der Waals surface area contributed by atoms with Crippen LogP contribution in [0.15, 0.2) is 0 Å². The molecular weight excluding hydrogens is 412 g/mol. The van der Waals surface area contributed by atoms with Gasteiger partial charge < -0.3 is 29.2 Å². The van der Waals surface area contributed by atoms with E-state index in [0.717, 1.165) is 57.8 Å². The van der Waals surface area contributed by atoms with Crippen molar-refractivity contribution in [3.8, 4) is 28.7 Å². The molecule has 0 heterocycles. The van der Waals surface area contributed by atoms with E-state index in [0.29, 0.717) is 49.7 Å². The lowest BCUT2D eigenvalue weighted by molar-refractivity contribution is 0.141. The molecule has 2 N–H and O–H groups in total. The maximum absolute atomic E-state index is 11.4. The fourth-order valence-electron chi connectivity index (χ4n) is 3.37. The van der Waals surface area contributed by atoms with Gasteiger partial charge in [-0.3, -0.25) is 0 Å². The fraction of sp³-hybridized carbons (Fsp3) is 0.720. The zero-order chi connectivity index (χ0) is 23.8. The molecule has 0 aromatic heterocycles. The van der Waals surface area contributed by atoms with Crippen molar-refractivity contribution in [3.05, 3.63) is 5.56 Å². The van der Waals surface area contributed by atoms with Crippen molar-refractivity contribution < 1.29 is 34.0 Å². The number of ether oxygens (including phenoxy) is 4. The van der Waals surface area contributed by atoms with Crippen LogP contribution in [0.1, 0.15) is 97.5 Å². The van der Waals surface area contributed by atoms with Crippen molar-refractivity contribution >= 4 is 6.16 Å². The topological polar surface area (TPSA) is 94.5 Å². The van der Waals surface area contributed by atoms with Crippen molar-refractivity contribution in [3.63, 3.8) is 0 Å². The summed E-state index contributed by atoms with van der Waals surface area (Å²) in [7, 11) is 0. The van der Waals surface area contributed by atoms with E-state index in [9.17, 15) is 15.0 Å². The molecule has 1 aromatic rings. The largest absolute Gasteiger partial charge is 0.511 e. The number of unbranched alkanes of at least 4 members (excludes halogenated alkanes) is 6. The minimum atomic E-state index is -1.50. The third-order valence-electron chi connectivity index (χ3n) is 5.06. The summed E-state index contributed by atoms with van der Waals surface area (Å²) in [6.45, 7) is 9.60. The molecule has 0 atom stereocenters. The van der Waals surface area contributed by atoms with Gasteiger partial charge in [0.15, 0.2) is 11.5 Å². The molecule has 0 amide bonds. The second-order valence-corrected chi connectivity index (χ2v) is 7.93. The van der Waals surface area contributed by atoms with E-state index < -0.39 is 6.16 Å². The van der Waals surface area contributed by atoms with Crippen LogP contribution in [0.3, 0.4) is 0 Å². The summed E-state index contributed by atoms with van der Waals surface area (Å²) < 4.78 is 23.2. The molecule has 0 aliphatic rings. The standard InChI is InChI=1S/C25H42O7/c1-5-9-12-16-29-22-19(15-8-4)21(32-25(27)28)20(26)23(30-17-13-10-6-2)24(22)31-18-14-11-7-3/h26H,5-18H2,1-4H3,(H,27,28). The Labute approximate surface area is 193 Å². The van der Waals surface area contributed by atoms with Gasteiger partial charge in [0.2, 0.25) is 17.2 Å². The van der Waals surface area contributed by atoms with Gasteiger partial charge in [-0.15, -0.1) is 0 Å². The van der Waals surface area contributed by atoms with Crippen molar-refractivity contribution in [1.29, 1.82) is 0 Å². The molecule has 7 heteroatoms. The predicted octanol–water partition coefficient (Wildman–Crippen LogP) is 7.11. The molecule has 7 nitrogen and oxygen atoms in total. The summed E-state index contributed by atoms with van der Waals surface area (Å²) in [4.78, 5) is 11.4. The second kappa shape index (κ2) is 16.3. The molecule has 184 valence electrons. The number of benzene rings is 1. The van der Waals surface area contributed by atoms with Crippen molar-refractivity contribution in [1.82, 2.24) is 0 Å². The van der Waals surface area contributed by atoms with Gasteiger partial charge in [0.05, 0.1) is 19.8 Å². The fourth-order valence-corrected chi connectivity index (χ4v) is 3.37. The van der Waals surface area contributed by atoms with E-state index in [4.69, 9.17) is 18.9 Å². The molecule has 0 saturated carbocycles. The van der Waals surface area contributed by atoms with Crippen LogP contribution in [0.5, 0.6) is 28.7 Å². The normalized spacial score (nSPS) is 10.8. The average Bonchev–Trinajstić information content (AvgIpc) is 2.77. The Morgan fingerprint density at radius 2 is 1.12 bits per heavy atom. The molecule has 0 fully saturated rings. The molecule has 1 rings (SSSR count). The lowest BCUT2D eigenvalue weighted by Crippen LogP contribution is -2.12. The molecule has 0 spiro atoms. The number of phenols is 1. The summed E-state index contributed by atoms with van der Waals surface area (Å²) in [5.74, 6) is 0.376. The Kier molecular flexibility index (Phi) is 14.2. The summed E-state index contributed by atoms with van der Waals surface area (Å²) >= 11 is 0. The van der Waals surface area contributed by atoms with Gasteiger partial charge in [-0.05, 0) is 25.7 Å². The molecule has 0 radical (unpaired) electrons. The summed E-state index contributed by atoms with van der Waals surface area (Å²) in [6, 6.07) is 0. The van der Waals surface area contributed by atoms with Crippen LogP contribution in [-0.4, -0.2) is 36.2 Å². The number of carboxylic acid groups (broad SMARTS) is 1. The van der Waals surface area contributed by atoms with E-state index >= 15 is 0 Å². The van der Waals surface area contributed by atoms with Crippen LogP contribution >= 0.6 is 0 Å². The van der Waals surface area contributed by atoms with Crippen LogP contribution in [0.4, 0.5) is 4.79 Å². The first-order valence-corrected chi connectivity index (χ1v) is 12.2. The lowest BCUT2D eigenvalue weighted by atomic mass is 10.0. The predicted molar refractivity (Wildman–Crippen MR) is 126 cm³/mol. The maximum atomic E-state index is 11.4. The highest BCUT2D eigenvalue weighted by atomic mass is 16.7. The first-order chi connectivity index (χ1) is 15.5. The zero-order valence-corrected chi connectivity index (χ0v) is 20.3. The van der Waals surface area contributed by atoms with Crippen LogP contribution in [0, 0.1) is 0 Å². The number of hydrogen-bond acceptors (Lipinski definition) is 6. The van der Waals surface area contributed by atoms with Gasteiger partial charge in [0.25, 0.3) is 0 Å². The summed E-state index contributed by atoms with van der Waals surface area (Å²) in [6.07, 6.45) is 8.39. The van der Waals surface area contributed by atoms with Crippen LogP contribution in [0.2, 0.25) is 0 Å². The number of hydrogen-bond donors (Lipinski definition) is 2. The first kappa shape index (κ1) is 27.7. The highest BCUT2D eigenvalue weighted by Gasteiger charge is 2.30. The zero-order valence-electron chi connectivity index (χ0n) is 20.3. The van der Waals surface area contributed by atoms with Gasteiger partial charge in [0.1, 0.15) is 0 Å². The third kappa shape index (κ3) is 9.05. The highest BCUT2D eigenvalue weighted by Crippen LogP contribution is 2.54. The monoisotopic (exact) mass is 454 g/mol. The van der Waals surface area contributed by atoms with Crippen LogP contribution in [-0.2, 0) is 6.42 Å². The molecule has 0 saturated heterocycles. The smallest absolute Gasteiger partial charge is 0.502 e. The Bertz CT molecular complexity index is 673. The maximum Gasteiger partial charge on any atom is 0.511 e. The molecule has 0 aliphatic carbocycles. The lowest BCUT2D eigenvalue weighted by Gasteiger charge is -2.23. The quantitative estimate of drug-likeness (QED) is 0.139. The number of rotatable bonds is 18. The molecule has 32 heavy (non-hydrogen) atoms. The van der Waals surface area contributed by atoms with Gasteiger partial charge >= 0.3 is 6.16 Å². The van der Waals surface area contributed by atoms with Gasteiger partial charge in [-0.1, -0.05) is 72.6 Å². The van der Waals surface area contributed by atoms with E-state index in [1.54, 1.807) is 0 Å². The number of carbonyl (C=O) groups is 1. The van der Waals surface area contributed by atoms with Crippen molar-refractivity contribution in [2.75, 3.05) is 19.8 Å². The third-order valence-corrected chi connectivity index (χ3v) is 5.06. The van der Waals surface area contributed by atoms with Gasteiger partial charge in [0, 0.05) is 5.56 Å².